The van der Waals surface area contributed by atoms with Crippen LogP contribution < -0.4 is 10.1 Å². The number of amides is 1. The highest BCUT2D eigenvalue weighted by Crippen LogP contribution is 2.30. The average molecular weight is 386 g/mol. The van der Waals surface area contributed by atoms with Crippen LogP contribution in [-0.4, -0.2) is 33.0 Å². The van der Waals surface area contributed by atoms with Crippen LogP contribution in [0.2, 0.25) is 0 Å². The molecule has 0 aliphatic carbocycles. The molecule has 0 aliphatic heterocycles. The Balaban J connectivity index is 1.67. The van der Waals surface area contributed by atoms with Crippen molar-refractivity contribution in [2.24, 2.45) is 7.05 Å². The van der Waals surface area contributed by atoms with E-state index in [1.165, 1.54) is 36.0 Å². The smallest absolute Gasteiger partial charge is 0.234 e. The van der Waals surface area contributed by atoms with Gasteiger partial charge in [0.2, 0.25) is 5.91 Å². The quantitative estimate of drug-likeness (QED) is 0.627. The van der Waals surface area contributed by atoms with Crippen molar-refractivity contribution in [3.8, 4) is 17.1 Å². The Bertz CT molecular complexity index is 928. The van der Waals surface area contributed by atoms with Crippen molar-refractivity contribution in [1.82, 2.24) is 14.8 Å². The number of para-hydroxylation sites is 1. The second-order valence-corrected chi connectivity index (χ2v) is 6.58. The largest absolute Gasteiger partial charge is 0.493 e. The van der Waals surface area contributed by atoms with E-state index in [0.29, 0.717) is 23.3 Å². The van der Waals surface area contributed by atoms with Crippen LogP contribution >= 0.6 is 11.8 Å². The van der Waals surface area contributed by atoms with Crippen LogP contribution in [0.5, 0.6) is 5.75 Å². The summed E-state index contributed by atoms with van der Waals surface area (Å²) < 4.78 is 20.4. The summed E-state index contributed by atoms with van der Waals surface area (Å²) in [6, 6.07) is 13.3. The molecule has 0 aliphatic rings. The lowest BCUT2D eigenvalue weighted by atomic mass is 10.2. The summed E-state index contributed by atoms with van der Waals surface area (Å²) in [7, 11) is 1.85. The molecule has 1 N–H and O–H groups in total. The molecule has 0 bridgehead atoms. The number of hydrogen-bond donors (Lipinski definition) is 1. The molecule has 1 heterocycles. The Hall–Kier alpha value is -2.87. The Morgan fingerprint density at radius 1 is 1.19 bits per heavy atom. The summed E-state index contributed by atoms with van der Waals surface area (Å²) in [6.45, 7) is 2.48. The minimum absolute atomic E-state index is 0.163. The molecule has 2 aromatic carbocycles. The van der Waals surface area contributed by atoms with Gasteiger partial charge in [0.25, 0.3) is 0 Å². The average Bonchev–Trinajstić information content (AvgIpc) is 3.03. The lowest BCUT2D eigenvalue weighted by molar-refractivity contribution is -0.113. The summed E-state index contributed by atoms with van der Waals surface area (Å²) in [5, 5.41) is 11.7. The summed E-state index contributed by atoms with van der Waals surface area (Å²) in [5.74, 6) is 1.02. The molecule has 140 valence electrons. The molecule has 0 spiro atoms. The first kappa shape index (κ1) is 18.9. The summed E-state index contributed by atoms with van der Waals surface area (Å²) >= 11 is 1.27. The van der Waals surface area contributed by atoms with Crippen LogP contribution in [-0.2, 0) is 11.8 Å². The molecule has 3 aromatic rings. The molecular formula is C19H19FN4O2S. The van der Waals surface area contributed by atoms with Crippen molar-refractivity contribution in [3.63, 3.8) is 0 Å². The lowest BCUT2D eigenvalue weighted by Gasteiger charge is -2.09. The summed E-state index contributed by atoms with van der Waals surface area (Å²) in [4.78, 5) is 12.1. The van der Waals surface area contributed by atoms with E-state index in [2.05, 4.69) is 15.5 Å². The van der Waals surface area contributed by atoms with E-state index in [0.717, 1.165) is 11.3 Å². The molecule has 1 aromatic heterocycles. The highest BCUT2D eigenvalue weighted by molar-refractivity contribution is 7.99. The van der Waals surface area contributed by atoms with Gasteiger partial charge in [0.15, 0.2) is 11.0 Å². The molecule has 3 rings (SSSR count). The molecule has 0 saturated heterocycles. The fraction of sp³-hybridized carbons (Fsp3) is 0.211. The standard InChI is InChI=1S/C19H19FN4O2S/c1-3-26-16-7-5-4-6-15(16)18-22-23-19(24(18)2)27-12-17(25)21-14-10-8-13(20)9-11-14/h4-11H,3,12H2,1-2H3,(H,21,25). The van der Waals surface area contributed by atoms with Gasteiger partial charge in [0.1, 0.15) is 11.6 Å². The van der Waals surface area contributed by atoms with E-state index >= 15 is 0 Å². The van der Waals surface area contributed by atoms with E-state index in [9.17, 15) is 9.18 Å². The zero-order valence-electron chi connectivity index (χ0n) is 15.0. The third-order valence-electron chi connectivity index (χ3n) is 3.72. The maximum atomic E-state index is 12.9. The number of nitrogens with one attached hydrogen (secondary N) is 1. The topological polar surface area (TPSA) is 69.0 Å². The fourth-order valence-electron chi connectivity index (χ4n) is 2.47. The number of ether oxygens (including phenoxy) is 1. The van der Waals surface area contributed by atoms with Gasteiger partial charge in [-0.05, 0) is 43.3 Å². The Morgan fingerprint density at radius 2 is 1.93 bits per heavy atom. The number of hydrogen-bond acceptors (Lipinski definition) is 5. The summed E-state index contributed by atoms with van der Waals surface area (Å²) in [5.41, 5.74) is 1.39. The fourth-order valence-corrected chi connectivity index (χ4v) is 3.18. The monoisotopic (exact) mass is 386 g/mol. The molecule has 0 fully saturated rings. The van der Waals surface area contributed by atoms with Gasteiger partial charge in [0, 0.05) is 12.7 Å². The first-order chi connectivity index (χ1) is 13.1. The van der Waals surface area contributed by atoms with Gasteiger partial charge in [-0.25, -0.2) is 4.39 Å². The molecular weight excluding hydrogens is 367 g/mol. The van der Waals surface area contributed by atoms with E-state index in [1.54, 1.807) is 0 Å². The van der Waals surface area contributed by atoms with Crippen molar-refractivity contribution in [3.05, 3.63) is 54.3 Å². The number of thioether (sulfide) groups is 1. The number of rotatable bonds is 7. The predicted molar refractivity (Wildman–Crippen MR) is 103 cm³/mol. The Morgan fingerprint density at radius 3 is 2.67 bits per heavy atom. The third kappa shape index (κ3) is 4.65. The van der Waals surface area contributed by atoms with Crippen molar-refractivity contribution >= 4 is 23.4 Å². The van der Waals surface area contributed by atoms with E-state index < -0.39 is 0 Å². The van der Waals surface area contributed by atoms with Crippen LogP contribution in [0.4, 0.5) is 10.1 Å². The van der Waals surface area contributed by atoms with Gasteiger partial charge in [0.05, 0.1) is 17.9 Å². The highest BCUT2D eigenvalue weighted by Gasteiger charge is 2.16. The first-order valence-electron chi connectivity index (χ1n) is 8.38. The normalized spacial score (nSPS) is 10.6. The van der Waals surface area contributed by atoms with Gasteiger partial charge >= 0.3 is 0 Å². The Labute approximate surface area is 160 Å². The zero-order valence-corrected chi connectivity index (χ0v) is 15.8. The molecule has 0 radical (unpaired) electrons. The Kier molecular flexibility index (Phi) is 6.08. The van der Waals surface area contributed by atoms with E-state index in [-0.39, 0.29) is 17.5 Å². The van der Waals surface area contributed by atoms with Crippen molar-refractivity contribution in [2.45, 2.75) is 12.1 Å². The van der Waals surface area contributed by atoms with Gasteiger partial charge in [-0.1, -0.05) is 23.9 Å². The van der Waals surface area contributed by atoms with Crippen molar-refractivity contribution in [2.75, 3.05) is 17.7 Å². The maximum absolute atomic E-state index is 12.9. The molecule has 0 atom stereocenters. The van der Waals surface area contributed by atoms with E-state index in [4.69, 9.17) is 4.74 Å². The second-order valence-electron chi connectivity index (χ2n) is 5.64. The molecule has 1 amide bonds. The number of halogens is 1. The first-order valence-corrected chi connectivity index (χ1v) is 9.37. The highest BCUT2D eigenvalue weighted by atomic mass is 32.2. The molecule has 0 saturated carbocycles. The van der Waals surface area contributed by atoms with Crippen LogP contribution in [0.25, 0.3) is 11.4 Å². The molecule has 8 heteroatoms. The zero-order chi connectivity index (χ0) is 19.2. The van der Waals surface area contributed by atoms with Crippen molar-refractivity contribution in [1.29, 1.82) is 0 Å². The van der Waals surface area contributed by atoms with Crippen LogP contribution in [0.3, 0.4) is 0 Å². The van der Waals surface area contributed by atoms with Crippen LogP contribution in [0.15, 0.2) is 53.7 Å². The lowest BCUT2D eigenvalue weighted by Crippen LogP contribution is -2.14. The van der Waals surface area contributed by atoms with Gasteiger partial charge < -0.3 is 14.6 Å². The van der Waals surface area contributed by atoms with Gasteiger partial charge in [-0.3, -0.25) is 4.79 Å². The molecule has 0 unspecified atom stereocenters. The second kappa shape index (κ2) is 8.68. The number of carbonyl (C=O) groups excluding carboxylic acids is 1. The SMILES string of the molecule is CCOc1ccccc1-c1nnc(SCC(=O)Nc2ccc(F)cc2)n1C. The number of nitrogens with zero attached hydrogens (tertiary/aromatic N) is 3. The minimum atomic E-state index is -0.346. The van der Waals surface area contributed by atoms with Crippen LogP contribution in [0.1, 0.15) is 6.92 Å². The van der Waals surface area contributed by atoms with Crippen LogP contribution in [0, 0.1) is 5.82 Å². The minimum Gasteiger partial charge on any atom is -0.493 e. The summed E-state index contributed by atoms with van der Waals surface area (Å²) in [6.07, 6.45) is 0. The number of anilines is 1. The maximum Gasteiger partial charge on any atom is 0.234 e. The third-order valence-corrected chi connectivity index (χ3v) is 4.74. The molecule has 6 nitrogen and oxygen atoms in total. The van der Waals surface area contributed by atoms with Gasteiger partial charge in [-0.15, -0.1) is 10.2 Å². The number of benzene rings is 2. The number of carbonyl (C=O) groups is 1. The van der Waals surface area contributed by atoms with E-state index in [1.807, 2.05) is 42.8 Å². The van der Waals surface area contributed by atoms with Gasteiger partial charge in [-0.2, -0.15) is 0 Å². The predicted octanol–water partition coefficient (Wildman–Crippen LogP) is 3.75. The molecule has 27 heavy (non-hydrogen) atoms. The van der Waals surface area contributed by atoms with Crippen molar-refractivity contribution < 1.29 is 13.9 Å². The number of aromatic nitrogens is 3.